The highest BCUT2D eigenvalue weighted by molar-refractivity contribution is 7.89. The van der Waals surface area contributed by atoms with E-state index in [0.29, 0.717) is 29.5 Å². The van der Waals surface area contributed by atoms with Crippen LogP contribution in [-0.2, 0) is 19.6 Å². The molecule has 32 heavy (non-hydrogen) atoms. The Hall–Kier alpha value is -2.46. The van der Waals surface area contributed by atoms with Gasteiger partial charge in [-0.2, -0.15) is 4.31 Å². The fourth-order valence-electron chi connectivity index (χ4n) is 3.35. The van der Waals surface area contributed by atoms with E-state index in [4.69, 9.17) is 11.6 Å². The minimum Gasteiger partial charge on any atom is -0.325 e. The molecule has 0 aliphatic carbocycles. The highest BCUT2D eigenvalue weighted by Gasteiger charge is 2.27. The molecule has 2 aromatic carbocycles. The zero-order valence-corrected chi connectivity index (χ0v) is 19.6. The molecular formula is C22H27ClN4O4S. The SMILES string of the molecule is C[C@H](C(=O)Nc1ccc(S(=O)(=O)N2CCCC2)cc1)N(C)CC(=O)Nc1ccccc1Cl. The van der Waals surface area contributed by atoms with Gasteiger partial charge in [-0.15, -0.1) is 0 Å². The highest BCUT2D eigenvalue weighted by atomic mass is 35.5. The summed E-state index contributed by atoms with van der Waals surface area (Å²) in [6, 6.07) is 12.4. The maximum Gasteiger partial charge on any atom is 0.243 e. The van der Waals surface area contributed by atoms with Crippen LogP contribution >= 0.6 is 11.6 Å². The van der Waals surface area contributed by atoms with Crippen molar-refractivity contribution in [2.75, 3.05) is 37.3 Å². The molecule has 0 aromatic heterocycles. The van der Waals surface area contributed by atoms with Gasteiger partial charge in [-0.05, 0) is 63.2 Å². The third-order valence-corrected chi connectivity index (χ3v) is 7.65. The number of nitrogens with zero attached hydrogens (tertiary/aromatic N) is 2. The molecule has 8 nitrogen and oxygen atoms in total. The Morgan fingerprint density at radius 1 is 1.06 bits per heavy atom. The van der Waals surface area contributed by atoms with Crippen molar-refractivity contribution in [1.82, 2.24) is 9.21 Å². The Bertz CT molecular complexity index is 1070. The fraction of sp³-hybridized carbons (Fsp3) is 0.364. The standard InChI is InChI=1S/C22H27ClN4O4S/c1-16(26(2)15-21(28)25-20-8-4-3-7-19(20)23)22(29)24-17-9-11-18(12-10-17)32(30,31)27-13-5-6-14-27/h3-4,7-12,16H,5-6,13-15H2,1-2H3,(H,24,29)(H,25,28)/t16-/m1/s1. The molecule has 172 valence electrons. The van der Waals surface area contributed by atoms with Crippen LogP contribution < -0.4 is 10.6 Å². The summed E-state index contributed by atoms with van der Waals surface area (Å²) >= 11 is 6.05. The van der Waals surface area contributed by atoms with E-state index in [0.717, 1.165) is 12.8 Å². The lowest BCUT2D eigenvalue weighted by atomic mass is 10.2. The third kappa shape index (κ3) is 5.86. The molecule has 10 heteroatoms. The summed E-state index contributed by atoms with van der Waals surface area (Å²) in [6.45, 7) is 2.75. The Balaban J connectivity index is 1.55. The number of nitrogens with one attached hydrogen (secondary N) is 2. The summed E-state index contributed by atoms with van der Waals surface area (Å²) < 4.78 is 26.7. The van der Waals surface area contributed by atoms with Crippen molar-refractivity contribution in [1.29, 1.82) is 0 Å². The highest BCUT2D eigenvalue weighted by Crippen LogP contribution is 2.23. The summed E-state index contributed by atoms with van der Waals surface area (Å²) in [5, 5.41) is 5.92. The van der Waals surface area contributed by atoms with Crippen LogP contribution in [0.1, 0.15) is 19.8 Å². The van der Waals surface area contributed by atoms with E-state index < -0.39 is 16.1 Å². The van der Waals surface area contributed by atoms with Gasteiger partial charge in [-0.3, -0.25) is 14.5 Å². The van der Waals surface area contributed by atoms with Gasteiger partial charge in [-0.1, -0.05) is 23.7 Å². The number of anilines is 2. The Labute approximate surface area is 193 Å². The molecule has 1 aliphatic rings. The van der Waals surface area contributed by atoms with Gasteiger partial charge >= 0.3 is 0 Å². The monoisotopic (exact) mass is 478 g/mol. The van der Waals surface area contributed by atoms with E-state index in [2.05, 4.69) is 10.6 Å². The van der Waals surface area contributed by atoms with Gasteiger partial charge in [0.05, 0.1) is 28.2 Å². The first kappa shape index (κ1) is 24.2. The number of carbonyl (C=O) groups is 2. The van der Waals surface area contributed by atoms with Crippen molar-refractivity contribution < 1.29 is 18.0 Å². The van der Waals surface area contributed by atoms with E-state index in [1.807, 2.05) is 0 Å². The number of hydrogen-bond acceptors (Lipinski definition) is 5. The Kier molecular flexibility index (Phi) is 7.89. The second-order valence-corrected chi connectivity index (χ2v) is 10.1. The molecule has 2 amide bonds. The second kappa shape index (κ2) is 10.4. The average Bonchev–Trinajstić information content (AvgIpc) is 3.31. The molecule has 2 aromatic rings. The van der Waals surface area contributed by atoms with Gasteiger partial charge < -0.3 is 10.6 Å². The largest absolute Gasteiger partial charge is 0.325 e. The van der Waals surface area contributed by atoms with Crippen LogP contribution in [0, 0.1) is 0 Å². The fourth-order valence-corrected chi connectivity index (χ4v) is 5.05. The number of halogens is 1. The zero-order chi connectivity index (χ0) is 23.3. The van der Waals surface area contributed by atoms with Crippen molar-refractivity contribution in [3.05, 3.63) is 53.6 Å². The Morgan fingerprint density at radius 2 is 1.69 bits per heavy atom. The molecule has 1 aliphatic heterocycles. The lowest BCUT2D eigenvalue weighted by molar-refractivity contribution is -0.122. The van der Waals surface area contributed by atoms with Crippen LogP contribution in [0.5, 0.6) is 0 Å². The molecule has 0 saturated carbocycles. The van der Waals surface area contributed by atoms with Gasteiger partial charge in [0, 0.05) is 18.8 Å². The first-order chi connectivity index (χ1) is 15.2. The molecule has 0 bridgehead atoms. The number of rotatable bonds is 8. The lowest BCUT2D eigenvalue weighted by Crippen LogP contribution is -2.43. The van der Waals surface area contributed by atoms with Crippen LogP contribution in [0.3, 0.4) is 0 Å². The predicted molar refractivity (Wildman–Crippen MR) is 125 cm³/mol. The summed E-state index contributed by atoms with van der Waals surface area (Å²) in [5.74, 6) is -0.607. The zero-order valence-electron chi connectivity index (χ0n) is 18.0. The topological polar surface area (TPSA) is 98.8 Å². The van der Waals surface area contributed by atoms with Gasteiger partial charge in [-0.25, -0.2) is 8.42 Å². The van der Waals surface area contributed by atoms with Crippen molar-refractivity contribution in [2.45, 2.75) is 30.7 Å². The predicted octanol–water partition coefficient (Wildman–Crippen LogP) is 3.02. The van der Waals surface area contributed by atoms with Crippen molar-refractivity contribution in [2.24, 2.45) is 0 Å². The molecule has 2 N–H and O–H groups in total. The minimum absolute atomic E-state index is 0.00712. The molecule has 0 spiro atoms. The maximum absolute atomic E-state index is 12.6. The van der Waals surface area contributed by atoms with Crippen LogP contribution in [0.2, 0.25) is 5.02 Å². The van der Waals surface area contributed by atoms with Crippen LogP contribution in [0.4, 0.5) is 11.4 Å². The number of carbonyl (C=O) groups excluding carboxylic acids is 2. The quantitative estimate of drug-likeness (QED) is 0.607. The second-order valence-electron chi connectivity index (χ2n) is 7.74. The molecule has 0 radical (unpaired) electrons. The van der Waals surface area contributed by atoms with Crippen molar-refractivity contribution >= 4 is 44.8 Å². The molecule has 1 saturated heterocycles. The van der Waals surface area contributed by atoms with E-state index in [-0.39, 0.29) is 23.3 Å². The van der Waals surface area contributed by atoms with Crippen LogP contribution in [0.25, 0.3) is 0 Å². The summed E-state index contributed by atoms with van der Waals surface area (Å²) in [6.07, 6.45) is 1.74. The first-order valence-corrected chi connectivity index (χ1v) is 12.2. The van der Waals surface area contributed by atoms with Gasteiger partial charge in [0.15, 0.2) is 0 Å². The molecule has 0 unspecified atom stereocenters. The summed E-state index contributed by atoms with van der Waals surface area (Å²) in [5.41, 5.74) is 0.991. The maximum atomic E-state index is 12.6. The molecule has 1 heterocycles. The first-order valence-electron chi connectivity index (χ1n) is 10.3. The normalized spacial score (nSPS) is 15.5. The summed E-state index contributed by atoms with van der Waals surface area (Å²) in [7, 11) is -1.83. The van der Waals surface area contributed by atoms with Crippen molar-refractivity contribution in [3.8, 4) is 0 Å². The number of likely N-dealkylation sites (N-methyl/N-ethyl adjacent to an activating group) is 1. The van der Waals surface area contributed by atoms with E-state index in [1.54, 1.807) is 55.3 Å². The smallest absolute Gasteiger partial charge is 0.243 e. The van der Waals surface area contributed by atoms with Gasteiger partial charge in [0.2, 0.25) is 21.8 Å². The molecule has 1 fully saturated rings. The Morgan fingerprint density at radius 3 is 2.31 bits per heavy atom. The molecule has 3 rings (SSSR count). The van der Waals surface area contributed by atoms with Crippen molar-refractivity contribution in [3.63, 3.8) is 0 Å². The van der Waals surface area contributed by atoms with Gasteiger partial charge in [0.25, 0.3) is 0 Å². The number of hydrogen-bond donors (Lipinski definition) is 2. The van der Waals surface area contributed by atoms with Crippen LogP contribution in [0.15, 0.2) is 53.4 Å². The number of benzene rings is 2. The third-order valence-electron chi connectivity index (χ3n) is 5.41. The summed E-state index contributed by atoms with van der Waals surface area (Å²) in [4.78, 5) is 26.7. The number of para-hydroxylation sites is 1. The minimum atomic E-state index is -3.50. The number of sulfonamides is 1. The lowest BCUT2D eigenvalue weighted by Gasteiger charge is -2.23. The average molecular weight is 479 g/mol. The van der Waals surface area contributed by atoms with E-state index >= 15 is 0 Å². The van der Waals surface area contributed by atoms with E-state index in [1.165, 1.54) is 16.4 Å². The molecular weight excluding hydrogens is 452 g/mol. The molecule has 1 atom stereocenters. The van der Waals surface area contributed by atoms with Gasteiger partial charge in [0.1, 0.15) is 0 Å². The van der Waals surface area contributed by atoms with E-state index in [9.17, 15) is 18.0 Å². The van der Waals surface area contributed by atoms with Crippen LogP contribution in [-0.4, -0.2) is 62.2 Å². The number of amides is 2.